The summed E-state index contributed by atoms with van der Waals surface area (Å²) < 4.78 is 0. The standard InChI is InChI=1S/C13H19N3O/c1-9-4-3-7-14-12(9)13(17)16-11-6-5-10(2)15-8-11/h5-6,8-9,12,14H,3-4,7H2,1-2H3,(H,16,17). The van der Waals surface area contributed by atoms with Gasteiger partial charge in [-0.1, -0.05) is 6.92 Å². The van der Waals surface area contributed by atoms with Crippen molar-refractivity contribution in [3.63, 3.8) is 0 Å². The molecule has 0 aromatic carbocycles. The smallest absolute Gasteiger partial charge is 0.241 e. The van der Waals surface area contributed by atoms with Gasteiger partial charge in [-0.2, -0.15) is 0 Å². The first kappa shape index (κ1) is 12.0. The molecule has 1 aromatic rings. The van der Waals surface area contributed by atoms with Crippen LogP contribution in [0.4, 0.5) is 5.69 Å². The molecule has 1 aliphatic heterocycles. The van der Waals surface area contributed by atoms with Crippen molar-refractivity contribution in [2.24, 2.45) is 5.92 Å². The highest BCUT2D eigenvalue weighted by molar-refractivity contribution is 5.94. The minimum absolute atomic E-state index is 0.0443. The number of nitrogens with one attached hydrogen (secondary N) is 2. The summed E-state index contributed by atoms with van der Waals surface area (Å²) in [6, 6.07) is 3.70. The van der Waals surface area contributed by atoms with Crippen molar-refractivity contribution in [1.82, 2.24) is 10.3 Å². The molecule has 0 saturated carbocycles. The highest BCUT2D eigenvalue weighted by Gasteiger charge is 2.27. The average Bonchev–Trinajstić information content (AvgIpc) is 2.32. The fraction of sp³-hybridized carbons (Fsp3) is 0.538. The van der Waals surface area contributed by atoms with E-state index >= 15 is 0 Å². The second-order valence-electron chi connectivity index (χ2n) is 4.73. The van der Waals surface area contributed by atoms with Crippen LogP contribution in [0.1, 0.15) is 25.5 Å². The van der Waals surface area contributed by atoms with Crippen LogP contribution >= 0.6 is 0 Å². The van der Waals surface area contributed by atoms with Crippen LogP contribution in [0.5, 0.6) is 0 Å². The van der Waals surface area contributed by atoms with Crippen LogP contribution in [0, 0.1) is 12.8 Å². The Morgan fingerprint density at radius 3 is 3.00 bits per heavy atom. The third-order valence-corrected chi connectivity index (χ3v) is 3.23. The van der Waals surface area contributed by atoms with Crippen molar-refractivity contribution in [1.29, 1.82) is 0 Å². The summed E-state index contributed by atoms with van der Waals surface area (Å²) in [4.78, 5) is 16.2. The van der Waals surface area contributed by atoms with Gasteiger partial charge in [-0.15, -0.1) is 0 Å². The molecule has 2 unspecified atom stereocenters. The van der Waals surface area contributed by atoms with Gasteiger partial charge in [0.2, 0.25) is 5.91 Å². The molecule has 2 N–H and O–H groups in total. The summed E-state index contributed by atoms with van der Waals surface area (Å²) in [5.74, 6) is 0.435. The molecule has 0 spiro atoms. The van der Waals surface area contributed by atoms with Crippen LogP contribution in [0.2, 0.25) is 0 Å². The maximum Gasteiger partial charge on any atom is 0.241 e. The molecule has 0 aliphatic carbocycles. The number of anilines is 1. The van der Waals surface area contributed by atoms with Crippen LogP contribution in [-0.4, -0.2) is 23.5 Å². The Balaban J connectivity index is 1.98. The monoisotopic (exact) mass is 233 g/mol. The maximum atomic E-state index is 12.1. The lowest BCUT2D eigenvalue weighted by Gasteiger charge is -2.28. The van der Waals surface area contributed by atoms with Crippen LogP contribution in [-0.2, 0) is 4.79 Å². The number of amides is 1. The van der Waals surface area contributed by atoms with Gasteiger partial charge in [-0.05, 0) is 44.4 Å². The second kappa shape index (κ2) is 5.27. The van der Waals surface area contributed by atoms with Gasteiger partial charge in [-0.3, -0.25) is 9.78 Å². The molecular formula is C13H19N3O. The van der Waals surface area contributed by atoms with Gasteiger partial charge >= 0.3 is 0 Å². The van der Waals surface area contributed by atoms with Crippen molar-refractivity contribution in [2.75, 3.05) is 11.9 Å². The predicted octanol–water partition coefficient (Wildman–Crippen LogP) is 1.72. The molecular weight excluding hydrogens is 214 g/mol. The molecule has 4 nitrogen and oxygen atoms in total. The largest absolute Gasteiger partial charge is 0.323 e. The first-order chi connectivity index (χ1) is 8.16. The van der Waals surface area contributed by atoms with Gasteiger partial charge in [0.1, 0.15) is 0 Å². The quantitative estimate of drug-likeness (QED) is 0.817. The number of rotatable bonds is 2. The van der Waals surface area contributed by atoms with Crippen molar-refractivity contribution in [3.8, 4) is 0 Å². The van der Waals surface area contributed by atoms with Gasteiger partial charge in [0.05, 0.1) is 17.9 Å². The molecule has 4 heteroatoms. The third-order valence-electron chi connectivity index (χ3n) is 3.23. The minimum Gasteiger partial charge on any atom is -0.323 e. The molecule has 2 heterocycles. The van der Waals surface area contributed by atoms with Crippen LogP contribution in [0.25, 0.3) is 0 Å². The Bertz CT molecular complexity index is 388. The van der Waals surface area contributed by atoms with E-state index in [4.69, 9.17) is 0 Å². The zero-order valence-electron chi connectivity index (χ0n) is 10.4. The van der Waals surface area contributed by atoms with E-state index in [0.29, 0.717) is 5.92 Å². The Morgan fingerprint density at radius 2 is 2.35 bits per heavy atom. The number of pyridine rings is 1. The highest BCUT2D eigenvalue weighted by atomic mass is 16.2. The Labute approximate surface area is 102 Å². The Morgan fingerprint density at radius 1 is 1.53 bits per heavy atom. The molecule has 17 heavy (non-hydrogen) atoms. The summed E-state index contributed by atoms with van der Waals surface area (Å²) >= 11 is 0. The van der Waals surface area contributed by atoms with Gasteiger partial charge in [0, 0.05) is 5.69 Å². The predicted molar refractivity (Wildman–Crippen MR) is 67.8 cm³/mol. The topological polar surface area (TPSA) is 54.0 Å². The van der Waals surface area contributed by atoms with E-state index in [1.54, 1.807) is 6.20 Å². The summed E-state index contributed by atoms with van der Waals surface area (Å²) in [6.07, 6.45) is 3.95. The number of carbonyl (C=O) groups is 1. The second-order valence-corrected chi connectivity index (χ2v) is 4.73. The fourth-order valence-electron chi connectivity index (χ4n) is 2.16. The summed E-state index contributed by atoms with van der Waals surface area (Å²) in [5.41, 5.74) is 1.72. The molecule has 1 aliphatic rings. The molecule has 2 rings (SSSR count). The van der Waals surface area contributed by atoms with E-state index in [0.717, 1.165) is 30.8 Å². The number of piperidine rings is 1. The Hall–Kier alpha value is -1.42. The molecule has 1 amide bonds. The molecule has 0 radical (unpaired) electrons. The van der Waals surface area contributed by atoms with Crippen LogP contribution < -0.4 is 10.6 Å². The Kier molecular flexibility index (Phi) is 3.74. The van der Waals surface area contributed by atoms with Crippen molar-refractivity contribution >= 4 is 11.6 Å². The number of aryl methyl sites for hydroxylation is 1. The summed E-state index contributed by atoms with van der Waals surface area (Å²) in [7, 11) is 0. The molecule has 92 valence electrons. The number of hydrogen-bond donors (Lipinski definition) is 2. The zero-order chi connectivity index (χ0) is 12.3. The number of carbonyl (C=O) groups excluding carboxylic acids is 1. The fourth-order valence-corrected chi connectivity index (χ4v) is 2.16. The number of hydrogen-bond acceptors (Lipinski definition) is 3. The third kappa shape index (κ3) is 3.03. The lowest BCUT2D eigenvalue weighted by Crippen LogP contribution is -2.48. The van der Waals surface area contributed by atoms with E-state index in [1.807, 2.05) is 19.1 Å². The first-order valence-corrected chi connectivity index (χ1v) is 6.14. The van der Waals surface area contributed by atoms with E-state index in [2.05, 4.69) is 22.5 Å². The van der Waals surface area contributed by atoms with E-state index in [9.17, 15) is 4.79 Å². The summed E-state index contributed by atoms with van der Waals surface area (Å²) in [5, 5.41) is 6.17. The SMILES string of the molecule is Cc1ccc(NC(=O)C2NCCCC2C)cn1. The van der Waals surface area contributed by atoms with E-state index in [-0.39, 0.29) is 11.9 Å². The average molecular weight is 233 g/mol. The van der Waals surface area contributed by atoms with Gasteiger partial charge in [-0.25, -0.2) is 0 Å². The molecule has 2 atom stereocenters. The van der Waals surface area contributed by atoms with Crippen LogP contribution in [0.15, 0.2) is 18.3 Å². The van der Waals surface area contributed by atoms with E-state index in [1.165, 1.54) is 0 Å². The van der Waals surface area contributed by atoms with Gasteiger partial charge < -0.3 is 10.6 Å². The summed E-state index contributed by atoms with van der Waals surface area (Å²) in [6.45, 7) is 4.97. The molecule has 1 aromatic heterocycles. The highest BCUT2D eigenvalue weighted by Crippen LogP contribution is 2.17. The van der Waals surface area contributed by atoms with Crippen molar-refractivity contribution < 1.29 is 4.79 Å². The first-order valence-electron chi connectivity index (χ1n) is 6.14. The molecule has 1 saturated heterocycles. The van der Waals surface area contributed by atoms with Gasteiger partial charge in [0.25, 0.3) is 0 Å². The van der Waals surface area contributed by atoms with Crippen molar-refractivity contribution in [2.45, 2.75) is 32.7 Å². The number of aromatic nitrogens is 1. The van der Waals surface area contributed by atoms with Crippen LogP contribution in [0.3, 0.4) is 0 Å². The molecule has 0 bridgehead atoms. The maximum absolute atomic E-state index is 12.1. The lowest BCUT2D eigenvalue weighted by molar-refractivity contribution is -0.119. The zero-order valence-corrected chi connectivity index (χ0v) is 10.4. The van der Waals surface area contributed by atoms with Gasteiger partial charge in [0.15, 0.2) is 0 Å². The lowest BCUT2D eigenvalue weighted by atomic mass is 9.92. The van der Waals surface area contributed by atoms with E-state index < -0.39 is 0 Å². The minimum atomic E-state index is -0.0787. The van der Waals surface area contributed by atoms with Crippen molar-refractivity contribution in [3.05, 3.63) is 24.0 Å². The molecule has 1 fully saturated rings. The number of nitrogens with zero attached hydrogens (tertiary/aromatic N) is 1. The normalized spacial score (nSPS) is 24.4.